The normalized spacial score (nSPS) is 11.5. The van der Waals surface area contributed by atoms with E-state index in [1.165, 1.54) is 12.1 Å². The van der Waals surface area contributed by atoms with E-state index in [2.05, 4.69) is 38.3 Å². The van der Waals surface area contributed by atoms with Crippen LogP contribution in [0.15, 0.2) is 36.4 Å². The molecule has 0 bridgehead atoms. The molecule has 0 heterocycles. The molecule has 212 valence electrons. The Morgan fingerprint density at radius 3 is 1.95 bits per heavy atom. The van der Waals surface area contributed by atoms with E-state index in [1.54, 1.807) is 19.1 Å². The van der Waals surface area contributed by atoms with Crippen molar-refractivity contribution in [2.45, 2.75) is 66.9 Å². The SMILES string of the molecule is CCCN(CCC)C(=O)c1cc(C)cc(C(=O)NCC(O)CCNCC(C)C)c1.Cc1cc(F)cc(F)c1. The number of hydrogen-bond donors (Lipinski definition) is 3. The van der Waals surface area contributed by atoms with Crippen LogP contribution in [0.3, 0.4) is 0 Å². The molecule has 8 heteroatoms. The molecule has 38 heavy (non-hydrogen) atoms. The molecule has 0 aliphatic rings. The molecule has 0 saturated carbocycles. The van der Waals surface area contributed by atoms with Crippen molar-refractivity contribution >= 4 is 11.8 Å². The number of amides is 2. The molecule has 3 N–H and O–H groups in total. The quantitative estimate of drug-likeness (QED) is 0.307. The zero-order valence-corrected chi connectivity index (χ0v) is 23.7. The van der Waals surface area contributed by atoms with Gasteiger partial charge in [0.2, 0.25) is 0 Å². The van der Waals surface area contributed by atoms with Crippen molar-refractivity contribution in [3.63, 3.8) is 0 Å². The maximum atomic E-state index is 12.9. The third kappa shape index (κ3) is 13.1. The number of benzene rings is 2. The van der Waals surface area contributed by atoms with Crippen LogP contribution in [0.25, 0.3) is 0 Å². The van der Waals surface area contributed by atoms with Gasteiger partial charge in [0.1, 0.15) is 11.6 Å². The van der Waals surface area contributed by atoms with E-state index in [0.717, 1.165) is 31.0 Å². The van der Waals surface area contributed by atoms with E-state index >= 15 is 0 Å². The molecule has 0 aliphatic carbocycles. The van der Waals surface area contributed by atoms with Gasteiger partial charge in [-0.05, 0) is 93.6 Å². The summed E-state index contributed by atoms with van der Waals surface area (Å²) < 4.78 is 24.4. The predicted molar refractivity (Wildman–Crippen MR) is 149 cm³/mol. The van der Waals surface area contributed by atoms with Crippen molar-refractivity contribution in [2.24, 2.45) is 5.92 Å². The molecule has 2 aromatic carbocycles. The summed E-state index contributed by atoms with van der Waals surface area (Å²) in [6, 6.07) is 8.66. The first-order valence-corrected chi connectivity index (χ1v) is 13.5. The Morgan fingerprint density at radius 1 is 0.868 bits per heavy atom. The number of aliphatic hydroxyl groups excluding tert-OH is 1. The van der Waals surface area contributed by atoms with Gasteiger partial charge in [0, 0.05) is 36.8 Å². The maximum absolute atomic E-state index is 12.9. The van der Waals surface area contributed by atoms with Gasteiger partial charge >= 0.3 is 0 Å². The predicted octanol–water partition coefficient (Wildman–Crippen LogP) is 5.26. The fraction of sp³-hybridized carbons (Fsp3) is 0.533. The molecule has 2 amide bonds. The topological polar surface area (TPSA) is 81.7 Å². The molecule has 2 rings (SSSR count). The van der Waals surface area contributed by atoms with Crippen molar-refractivity contribution in [3.8, 4) is 0 Å². The summed E-state index contributed by atoms with van der Waals surface area (Å²) in [6.45, 7) is 15.1. The second kappa shape index (κ2) is 17.6. The Morgan fingerprint density at radius 2 is 1.42 bits per heavy atom. The van der Waals surface area contributed by atoms with Crippen LogP contribution in [0.1, 0.15) is 78.8 Å². The fourth-order valence-corrected chi connectivity index (χ4v) is 3.84. The Balaban J connectivity index is 0.000000671. The third-order valence-electron chi connectivity index (χ3n) is 5.57. The van der Waals surface area contributed by atoms with Gasteiger partial charge in [-0.1, -0.05) is 27.7 Å². The maximum Gasteiger partial charge on any atom is 0.253 e. The second-order valence-corrected chi connectivity index (χ2v) is 10.1. The molecule has 0 saturated heterocycles. The first kappa shape index (κ1) is 33.2. The number of carbonyl (C=O) groups is 2. The highest BCUT2D eigenvalue weighted by Crippen LogP contribution is 2.13. The van der Waals surface area contributed by atoms with E-state index in [-0.39, 0.29) is 18.4 Å². The molecule has 6 nitrogen and oxygen atoms in total. The summed E-state index contributed by atoms with van der Waals surface area (Å²) in [7, 11) is 0. The number of aryl methyl sites for hydroxylation is 2. The molecular formula is C30H45F2N3O3. The van der Waals surface area contributed by atoms with Crippen molar-refractivity contribution in [1.29, 1.82) is 0 Å². The van der Waals surface area contributed by atoms with E-state index in [0.29, 0.717) is 48.7 Å². The van der Waals surface area contributed by atoms with Crippen molar-refractivity contribution in [3.05, 3.63) is 70.3 Å². The number of nitrogens with zero attached hydrogens (tertiary/aromatic N) is 1. The summed E-state index contributed by atoms with van der Waals surface area (Å²) in [5, 5.41) is 16.1. The minimum Gasteiger partial charge on any atom is -0.391 e. The van der Waals surface area contributed by atoms with Gasteiger partial charge in [-0.15, -0.1) is 0 Å². The Hall–Kier alpha value is -2.84. The Bertz CT molecular complexity index is 958. The number of halogens is 2. The van der Waals surface area contributed by atoms with Gasteiger partial charge in [-0.2, -0.15) is 0 Å². The lowest BCUT2D eigenvalue weighted by Gasteiger charge is -2.22. The van der Waals surface area contributed by atoms with Crippen LogP contribution in [0.5, 0.6) is 0 Å². The zero-order chi connectivity index (χ0) is 28.7. The smallest absolute Gasteiger partial charge is 0.253 e. The van der Waals surface area contributed by atoms with E-state index in [4.69, 9.17) is 0 Å². The van der Waals surface area contributed by atoms with Gasteiger partial charge in [-0.25, -0.2) is 8.78 Å². The molecule has 0 aromatic heterocycles. The van der Waals surface area contributed by atoms with Crippen LogP contribution in [-0.2, 0) is 0 Å². The van der Waals surface area contributed by atoms with Crippen molar-refractivity contribution in [2.75, 3.05) is 32.7 Å². The van der Waals surface area contributed by atoms with Crippen LogP contribution < -0.4 is 10.6 Å². The molecule has 0 radical (unpaired) electrons. The standard InChI is InChI=1S/C23H39N3O3.C7H6F2/c1-6-10-26(11-7-2)23(29)20-13-18(5)12-19(14-20)22(28)25-16-21(27)8-9-24-15-17(3)4;1-5-2-6(8)4-7(9)3-5/h12-14,17,21,24,27H,6-11,15-16H2,1-5H3,(H,25,28);2-4H,1H3. The lowest BCUT2D eigenvalue weighted by molar-refractivity contribution is 0.0755. The van der Waals surface area contributed by atoms with Crippen molar-refractivity contribution in [1.82, 2.24) is 15.5 Å². The van der Waals surface area contributed by atoms with Crippen LogP contribution in [0.2, 0.25) is 0 Å². The van der Waals surface area contributed by atoms with Gasteiger partial charge < -0.3 is 20.6 Å². The largest absolute Gasteiger partial charge is 0.391 e. The van der Waals surface area contributed by atoms with E-state index in [1.807, 2.05) is 17.9 Å². The lowest BCUT2D eigenvalue weighted by Crippen LogP contribution is -2.35. The molecule has 1 unspecified atom stereocenters. The monoisotopic (exact) mass is 533 g/mol. The molecule has 2 aromatic rings. The lowest BCUT2D eigenvalue weighted by atomic mass is 10.0. The number of aliphatic hydroxyl groups is 1. The molecular weight excluding hydrogens is 488 g/mol. The highest BCUT2D eigenvalue weighted by Gasteiger charge is 2.17. The zero-order valence-electron chi connectivity index (χ0n) is 23.7. The summed E-state index contributed by atoms with van der Waals surface area (Å²) >= 11 is 0. The van der Waals surface area contributed by atoms with Gasteiger partial charge in [0.25, 0.3) is 11.8 Å². The number of nitrogens with one attached hydrogen (secondary N) is 2. The Labute approximate surface area is 226 Å². The van der Waals surface area contributed by atoms with Gasteiger partial charge in [-0.3, -0.25) is 9.59 Å². The van der Waals surface area contributed by atoms with Crippen LogP contribution in [0.4, 0.5) is 8.78 Å². The fourth-order valence-electron chi connectivity index (χ4n) is 3.84. The van der Waals surface area contributed by atoms with Crippen LogP contribution in [-0.4, -0.2) is 60.6 Å². The summed E-state index contributed by atoms with van der Waals surface area (Å²) in [4.78, 5) is 27.3. The average Bonchev–Trinajstić information content (AvgIpc) is 2.83. The Kier molecular flexibility index (Phi) is 15.4. The average molecular weight is 534 g/mol. The highest BCUT2D eigenvalue weighted by molar-refractivity contribution is 6.00. The molecule has 0 spiro atoms. The molecule has 0 fully saturated rings. The molecule has 1 atom stereocenters. The minimum absolute atomic E-state index is 0.0392. The summed E-state index contributed by atoms with van der Waals surface area (Å²) in [6.07, 6.45) is 1.77. The minimum atomic E-state index is -0.603. The number of hydrogen-bond acceptors (Lipinski definition) is 4. The summed E-state index contributed by atoms with van der Waals surface area (Å²) in [5.74, 6) is -0.784. The number of rotatable bonds is 13. The highest BCUT2D eigenvalue weighted by atomic mass is 19.1. The van der Waals surface area contributed by atoms with Gasteiger partial charge in [0.05, 0.1) is 6.10 Å². The number of carbonyl (C=O) groups excluding carboxylic acids is 2. The second-order valence-electron chi connectivity index (χ2n) is 10.1. The third-order valence-corrected chi connectivity index (χ3v) is 5.57. The van der Waals surface area contributed by atoms with E-state index in [9.17, 15) is 23.5 Å². The molecule has 0 aliphatic heterocycles. The van der Waals surface area contributed by atoms with Crippen LogP contribution >= 0.6 is 0 Å². The van der Waals surface area contributed by atoms with E-state index < -0.39 is 17.7 Å². The summed E-state index contributed by atoms with van der Waals surface area (Å²) in [5.41, 5.74) is 2.46. The first-order chi connectivity index (χ1) is 18.0. The van der Waals surface area contributed by atoms with Gasteiger partial charge in [0.15, 0.2) is 0 Å². The van der Waals surface area contributed by atoms with Crippen LogP contribution in [0, 0.1) is 31.4 Å². The first-order valence-electron chi connectivity index (χ1n) is 13.5. The van der Waals surface area contributed by atoms with Crippen molar-refractivity contribution < 1.29 is 23.5 Å².